The summed E-state index contributed by atoms with van der Waals surface area (Å²) >= 11 is 0. The zero-order valence-electron chi connectivity index (χ0n) is 36.1. The van der Waals surface area contributed by atoms with Gasteiger partial charge in [0.1, 0.15) is 5.52 Å². The molecule has 2 amide bonds. The first-order valence-electron chi connectivity index (χ1n) is 21.6. The second-order valence-corrected chi connectivity index (χ2v) is 15.4. The number of nitrogens with one attached hydrogen (secondary N) is 2. The quantitative estimate of drug-likeness (QED) is 0.0711. The zero-order valence-corrected chi connectivity index (χ0v) is 36.1. The minimum absolute atomic E-state index is 0.0446. The van der Waals surface area contributed by atoms with Crippen molar-refractivity contribution in [2.75, 3.05) is 92.2 Å². The molecule has 0 saturated carbocycles. The Morgan fingerprint density at radius 2 is 1.46 bits per heavy atom. The van der Waals surface area contributed by atoms with E-state index in [1.807, 2.05) is 66.4 Å². The Labute approximate surface area is 358 Å². The molecule has 334 valence electrons. The number of piperidine rings is 1. The van der Waals surface area contributed by atoms with E-state index in [4.69, 9.17) is 23.7 Å². The van der Waals surface area contributed by atoms with Crippen LogP contribution in [0.2, 0.25) is 0 Å². The summed E-state index contributed by atoms with van der Waals surface area (Å²) in [5.74, 6) is 0.135. The molecule has 1 atom stereocenters. The molecule has 16 nitrogen and oxygen atoms in total. The molecule has 1 fully saturated rings. The van der Waals surface area contributed by atoms with E-state index in [2.05, 4.69) is 27.6 Å². The largest absolute Gasteiger partial charge is 0.388 e. The number of nitrogens with zero attached hydrogens (tertiary/aromatic N) is 5. The van der Waals surface area contributed by atoms with Crippen LogP contribution in [0, 0.1) is 0 Å². The topological polar surface area (TPSA) is 181 Å². The molecule has 3 heterocycles. The molecule has 0 aliphatic carbocycles. The molecule has 0 spiro atoms. The monoisotopic (exact) mass is 847 g/mol. The predicted octanol–water partition coefficient (Wildman–Crippen LogP) is 3.43. The van der Waals surface area contributed by atoms with Crippen molar-refractivity contribution >= 4 is 22.8 Å². The number of hydrogen-bond acceptors (Lipinski definition) is 12. The number of aromatic nitrogens is 4. The molecule has 1 aliphatic heterocycles. The van der Waals surface area contributed by atoms with Gasteiger partial charge in [-0.1, -0.05) is 61.5 Å². The van der Waals surface area contributed by atoms with Crippen LogP contribution in [-0.4, -0.2) is 139 Å². The van der Waals surface area contributed by atoms with E-state index in [0.29, 0.717) is 123 Å². The molecule has 61 heavy (non-hydrogen) atoms. The van der Waals surface area contributed by atoms with Crippen molar-refractivity contribution in [2.24, 2.45) is 7.05 Å². The normalized spacial score (nSPS) is 14.4. The lowest BCUT2D eigenvalue weighted by molar-refractivity contribution is -0.136. The Morgan fingerprint density at radius 3 is 2.10 bits per heavy atom. The zero-order chi connectivity index (χ0) is 43.3. The average Bonchev–Trinajstić information content (AvgIpc) is 3.61. The van der Waals surface area contributed by atoms with Gasteiger partial charge in [-0.2, -0.15) is 5.10 Å². The van der Waals surface area contributed by atoms with E-state index < -0.39 is 5.60 Å². The lowest BCUT2D eigenvalue weighted by Crippen LogP contribution is -2.49. The molecular formula is C45H65N7O9. The van der Waals surface area contributed by atoms with Crippen LogP contribution in [0.25, 0.3) is 22.3 Å². The lowest BCUT2D eigenvalue weighted by atomic mass is 9.90. The number of aliphatic hydroxyl groups is 1. The highest BCUT2D eigenvalue weighted by Gasteiger charge is 2.35. The Morgan fingerprint density at radius 1 is 0.836 bits per heavy atom. The van der Waals surface area contributed by atoms with Crippen molar-refractivity contribution in [1.82, 2.24) is 34.9 Å². The maximum Gasteiger partial charge on any atom is 0.281 e. The number of amides is 2. The van der Waals surface area contributed by atoms with Crippen LogP contribution in [0.5, 0.6) is 0 Å². The van der Waals surface area contributed by atoms with Crippen LogP contribution in [0.1, 0.15) is 63.0 Å². The number of hydrogen-bond donors (Lipinski definition) is 3. The van der Waals surface area contributed by atoms with E-state index in [1.165, 1.54) is 10.9 Å². The van der Waals surface area contributed by atoms with Gasteiger partial charge in [0.2, 0.25) is 11.8 Å². The fraction of sp³-hybridized carbons (Fsp3) is 0.578. The third-order valence-corrected chi connectivity index (χ3v) is 10.7. The number of ether oxygens (including phenoxy) is 5. The molecule has 1 aliphatic rings. The third kappa shape index (κ3) is 15.4. The van der Waals surface area contributed by atoms with Crippen molar-refractivity contribution in [3.63, 3.8) is 0 Å². The highest BCUT2D eigenvalue weighted by molar-refractivity contribution is 5.89. The summed E-state index contributed by atoms with van der Waals surface area (Å²) in [4.78, 5) is 45.3. The summed E-state index contributed by atoms with van der Waals surface area (Å²) in [6.45, 7) is 12.0. The summed E-state index contributed by atoms with van der Waals surface area (Å²) in [6, 6.07) is 18.0. The van der Waals surface area contributed by atoms with Gasteiger partial charge in [0, 0.05) is 58.2 Å². The van der Waals surface area contributed by atoms with E-state index in [0.717, 1.165) is 35.3 Å². The molecule has 1 saturated heterocycles. The van der Waals surface area contributed by atoms with E-state index in [-0.39, 0.29) is 35.4 Å². The first-order valence-corrected chi connectivity index (χ1v) is 21.6. The highest BCUT2D eigenvalue weighted by Crippen LogP contribution is 2.28. The molecule has 3 N–H and O–H groups in total. The van der Waals surface area contributed by atoms with Gasteiger partial charge in [-0.05, 0) is 49.8 Å². The van der Waals surface area contributed by atoms with E-state index in [9.17, 15) is 19.5 Å². The second-order valence-electron chi connectivity index (χ2n) is 15.4. The summed E-state index contributed by atoms with van der Waals surface area (Å²) in [6.07, 6.45) is 3.72. The van der Waals surface area contributed by atoms with Gasteiger partial charge in [0.05, 0.1) is 83.6 Å². The smallest absolute Gasteiger partial charge is 0.281 e. The third-order valence-electron chi connectivity index (χ3n) is 10.7. The van der Waals surface area contributed by atoms with Gasteiger partial charge < -0.3 is 44.3 Å². The minimum atomic E-state index is -1.14. The van der Waals surface area contributed by atoms with Gasteiger partial charge in [-0.25, -0.2) is 4.98 Å². The molecule has 4 aromatic rings. The second kappa shape index (κ2) is 25.4. The standard InChI is InChI=1S/C45H65N7O9/c1-4-57-23-24-59-27-28-61-30-29-60-26-25-58-22-15-39(53)47-19-8-18-46-32-36-11-13-38(14-12-36)43-41-42(49-50(43)3)44(55)52(34-48-41)33-45(56)16-20-51(21-17-45)40(54)31-35(2)37-9-6-5-7-10-37/h5-7,9-14,34-35,46,56H,4,8,15-33H2,1-3H3,(H,47,53). The minimum Gasteiger partial charge on any atom is -0.388 e. The van der Waals surface area contributed by atoms with Crippen molar-refractivity contribution in [1.29, 1.82) is 0 Å². The number of likely N-dealkylation sites (tertiary alicyclic amines) is 1. The predicted molar refractivity (Wildman–Crippen MR) is 232 cm³/mol. The Hall–Kier alpha value is -4.55. The first-order chi connectivity index (χ1) is 29.7. The van der Waals surface area contributed by atoms with Crippen LogP contribution >= 0.6 is 0 Å². The Kier molecular flexibility index (Phi) is 19.8. The number of carbonyl (C=O) groups excluding carboxylic acids is 2. The molecule has 2 aromatic heterocycles. The van der Waals surface area contributed by atoms with E-state index in [1.54, 1.807) is 11.7 Å². The lowest BCUT2D eigenvalue weighted by Gasteiger charge is -2.38. The molecule has 2 aromatic carbocycles. The van der Waals surface area contributed by atoms with Crippen molar-refractivity contribution in [3.05, 3.63) is 82.4 Å². The number of rotatable bonds is 28. The maximum atomic E-state index is 13.6. The number of fused-ring (bicyclic) bond motifs is 1. The molecule has 16 heteroatoms. The molecular weight excluding hydrogens is 783 g/mol. The molecule has 5 rings (SSSR count). The van der Waals surface area contributed by atoms with Crippen LogP contribution in [0.4, 0.5) is 0 Å². The highest BCUT2D eigenvalue weighted by atomic mass is 16.6. The fourth-order valence-electron chi connectivity index (χ4n) is 7.20. The number of aryl methyl sites for hydroxylation is 1. The van der Waals surface area contributed by atoms with Gasteiger partial charge in [-0.15, -0.1) is 0 Å². The molecule has 1 unspecified atom stereocenters. The number of benzene rings is 2. The van der Waals surface area contributed by atoms with Gasteiger partial charge in [0.15, 0.2) is 5.52 Å². The fourth-order valence-corrected chi connectivity index (χ4v) is 7.20. The van der Waals surface area contributed by atoms with Crippen molar-refractivity contribution < 1.29 is 38.4 Å². The maximum absolute atomic E-state index is 13.6. The Bertz CT molecular complexity index is 1960. The van der Waals surface area contributed by atoms with Crippen molar-refractivity contribution in [2.45, 2.75) is 70.6 Å². The first kappa shape index (κ1) is 47.5. The van der Waals surface area contributed by atoms with Crippen LogP contribution in [0.3, 0.4) is 0 Å². The van der Waals surface area contributed by atoms with Gasteiger partial charge in [0.25, 0.3) is 5.56 Å². The SMILES string of the molecule is CCOCCOCCOCCOCCOCCC(=O)NCCCNCc1ccc(-c2c3ncn(CC4(O)CCN(C(=O)CC(C)c5ccccc5)CC4)c(=O)c3nn2C)cc1. The Balaban J connectivity index is 0.947. The summed E-state index contributed by atoms with van der Waals surface area (Å²) < 4.78 is 30.1. The van der Waals surface area contributed by atoms with Crippen LogP contribution in [-0.2, 0) is 53.4 Å². The van der Waals surface area contributed by atoms with Crippen LogP contribution in [0.15, 0.2) is 65.7 Å². The summed E-state index contributed by atoms with van der Waals surface area (Å²) in [7, 11) is 1.79. The van der Waals surface area contributed by atoms with Gasteiger partial charge >= 0.3 is 0 Å². The van der Waals surface area contributed by atoms with Crippen molar-refractivity contribution in [3.8, 4) is 11.3 Å². The molecule has 0 radical (unpaired) electrons. The summed E-state index contributed by atoms with van der Waals surface area (Å²) in [5.41, 5.74) is 3.13. The van der Waals surface area contributed by atoms with Crippen LogP contribution < -0.4 is 16.2 Å². The van der Waals surface area contributed by atoms with E-state index >= 15 is 0 Å². The summed E-state index contributed by atoms with van der Waals surface area (Å²) in [5, 5.41) is 22.4. The number of carbonyl (C=O) groups is 2. The van der Waals surface area contributed by atoms with Gasteiger partial charge in [-0.3, -0.25) is 23.6 Å². The molecule has 0 bridgehead atoms. The average molecular weight is 848 g/mol.